The molecule has 148 valence electrons. The van der Waals surface area contributed by atoms with Crippen LogP contribution < -0.4 is 27.4 Å². The molecule has 7 N–H and O–H groups in total. The van der Waals surface area contributed by atoms with Crippen LogP contribution in [-0.4, -0.2) is 61.6 Å². The maximum Gasteiger partial charge on any atom is 0.243 e. The van der Waals surface area contributed by atoms with E-state index in [1.54, 1.807) is 14.0 Å². The molecule has 26 heavy (non-hydrogen) atoms. The van der Waals surface area contributed by atoms with E-state index in [4.69, 9.17) is 11.5 Å². The summed E-state index contributed by atoms with van der Waals surface area (Å²) < 4.78 is 0. The molecule has 3 atom stereocenters. The van der Waals surface area contributed by atoms with Gasteiger partial charge in [-0.1, -0.05) is 6.92 Å². The van der Waals surface area contributed by atoms with Gasteiger partial charge in [-0.15, -0.1) is 0 Å². The lowest BCUT2D eigenvalue weighted by atomic mass is 10.1. The number of carbonyl (C=O) groups excluding carboxylic acids is 4. The molecular formula is C16H30N6O4. The lowest BCUT2D eigenvalue weighted by molar-refractivity contribution is -0.132. The summed E-state index contributed by atoms with van der Waals surface area (Å²) in [5, 5.41) is 7.93. The number of nitrogens with zero attached hydrogens (tertiary/aromatic N) is 1. The summed E-state index contributed by atoms with van der Waals surface area (Å²) >= 11 is 0. The van der Waals surface area contributed by atoms with Crippen LogP contribution in [0.5, 0.6) is 0 Å². The fourth-order valence-electron chi connectivity index (χ4n) is 2.19. The molecule has 10 nitrogen and oxygen atoms in total. The number of aldehydes is 1. The highest BCUT2D eigenvalue weighted by molar-refractivity contribution is 5.94. The summed E-state index contributed by atoms with van der Waals surface area (Å²) in [5.41, 5.74) is 10.5. The van der Waals surface area contributed by atoms with Crippen molar-refractivity contribution in [3.8, 4) is 0 Å². The van der Waals surface area contributed by atoms with Crippen LogP contribution in [0.1, 0.15) is 39.5 Å². The van der Waals surface area contributed by atoms with Crippen LogP contribution in [0.15, 0.2) is 4.99 Å². The molecule has 0 aromatic heterocycles. The topological polar surface area (TPSA) is 169 Å². The van der Waals surface area contributed by atoms with E-state index in [0.717, 1.165) is 0 Å². The molecular weight excluding hydrogens is 340 g/mol. The van der Waals surface area contributed by atoms with Gasteiger partial charge in [0.05, 0.1) is 12.1 Å². The SMILES string of the molecule is CCC(C=O)NC(=O)C(CC(C)=O)NC(=O)C(CCCN=C(N)N)NC. The second-order valence-corrected chi connectivity index (χ2v) is 5.92. The van der Waals surface area contributed by atoms with Crippen molar-refractivity contribution in [1.29, 1.82) is 0 Å². The number of nitrogens with one attached hydrogen (secondary N) is 3. The maximum absolute atomic E-state index is 12.4. The molecule has 0 spiro atoms. The Hall–Kier alpha value is -2.49. The van der Waals surface area contributed by atoms with E-state index in [1.165, 1.54) is 6.92 Å². The molecule has 0 aromatic carbocycles. The van der Waals surface area contributed by atoms with Crippen molar-refractivity contribution in [2.45, 2.75) is 57.7 Å². The number of Topliss-reactive ketones (excluding diaryl/α,β-unsaturated/α-hetero) is 1. The molecule has 0 aliphatic rings. The number of hydrogen-bond acceptors (Lipinski definition) is 6. The van der Waals surface area contributed by atoms with E-state index in [0.29, 0.717) is 32.1 Å². The summed E-state index contributed by atoms with van der Waals surface area (Å²) in [7, 11) is 1.62. The number of likely N-dealkylation sites (N-methyl/N-ethyl adjacent to an activating group) is 1. The molecule has 2 amide bonds. The lowest BCUT2D eigenvalue weighted by Gasteiger charge is -2.22. The number of hydrogen-bond donors (Lipinski definition) is 5. The minimum Gasteiger partial charge on any atom is -0.370 e. The third-order valence-electron chi connectivity index (χ3n) is 3.67. The van der Waals surface area contributed by atoms with E-state index in [-0.39, 0.29) is 18.2 Å². The van der Waals surface area contributed by atoms with Crippen molar-refractivity contribution in [2.24, 2.45) is 16.5 Å². The summed E-state index contributed by atoms with van der Waals surface area (Å²) in [5.74, 6) is -1.26. The van der Waals surface area contributed by atoms with Crippen LogP contribution in [-0.2, 0) is 19.2 Å². The van der Waals surface area contributed by atoms with Crippen molar-refractivity contribution in [3.05, 3.63) is 0 Å². The number of nitrogens with two attached hydrogens (primary N) is 2. The lowest BCUT2D eigenvalue weighted by Crippen LogP contribution is -2.54. The zero-order chi connectivity index (χ0) is 20.1. The summed E-state index contributed by atoms with van der Waals surface area (Å²) in [6.07, 6.45) is 1.88. The number of rotatable bonds is 13. The largest absolute Gasteiger partial charge is 0.370 e. The molecule has 0 aromatic rings. The second kappa shape index (κ2) is 12.8. The highest BCUT2D eigenvalue weighted by Crippen LogP contribution is 2.02. The van der Waals surface area contributed by atoms with Crippen molar-refractivity contribution in [2.75, 3.05) is 13.6 Å². The molecule has 0 aliphatic carbocycles. The van der Waals surface area contributed by atoms with E-state index >= 15 is 0 Å². The normalized spacial score (nSPS) is 13.8. The van der Waals surface area contributed by atoms with Crippen LogP contribution in [0.25, 0.3) is 0 Å². The molecule has 0 bridgehead atoms. The predicted octanol–water partition coefficient (Wildman–Crippen LogP) is -1.81. The predicted molar refractivity (Wildman–Crippen MR) is 98.3 cm³/mol. The van der Waals surface area contributed by atoms with E-state index in [2.05, 4.69) is 20.9 Å². The third kappa shape index (κ3) is 9.72. The smallest absolute Gasteiger partial charge is 0.243 e. The first-order valence-corrected chi connectivity index (χ1v) is 8.53. The van der Waals surface area contributed by atoms with Gasteiger partial charge in [0.2, 0.25) is 11.8 Å². The molecule has 3 unspecified atom stereocenters. The standard InChI is InChI=1S/C16H30N6O4/c1-4-11(9-23)21-15(26)13(8-10(2)24)22-14(25)12(19-3)6-5-7-20-16(17)18/h9,11-13,19H,4-8H2,1-3H3,(H,21,26)(H,22,25)(H4,17,18,20). The zero-order valence-corrected chi connectivity index (χ0v) is 15.6. The Balaban J connectivity index is 4.86. The Morgan fingerprint density at radius 3 is 2.19 bits per heavy atom. The quantitative estimate of drug-likeness (QED) is 0.110. The Morgan fingerprint density at radius 2 is 1.73 bits per heavy atom. The van der Waals surface area contributed by atoms with Gasteiger partial charge < -0.3 is 32.2 Å². The third-order valence-corrected chi connectivity index (χ3v) is 3.67. The number of amides is 2. The van der Waals surface area contributed by atoms with Gasteiger partial charge in [-0.2, -0.15) is 0 Å². The molecule has 0 heterocycles. The first-order valence-electron chi connectivity index (χ1n) is 8.53. The fourth-order valence-corrected chi connectivity index (χ4v) is 2.19. The van der Waals surface area contributed by atoms with Crippen LogP contribution >= 0.6 is 0 Å². The molecule has 0 fully saturated rings. The minimum atomic E-state index is -1.04. The highest BCUT2D eigenvalue weighted by atomic mass is 16.2. The molecule has 0 aliphatic heterocycles. The van der Waals surface area contributed by atoms with Crippen molar-refractivity contribution in [1.82, 2.24) is 16.0 Å². The maximum atomic E-state index is 12.4. The Bertz CT molecular complexity index is 519. The molecule has 0 saturated carbocycles. The van der Waals surface area contributed by atoms with Crippen LogP contribution in [0, 0.1) is 0 Å². The second-order valence-electron chi connectivity index (χ2n) is 5.92. The number of carbonyl (C=O) groups is 4. The van der Waals surface area contributed by atoms with E-state index in [1.807, 2.05) is 0 Å². The van der Waals surface area contributed by atoms with Gasteiger partial charge in [-0.25, -0.2) is 0 Å². The number of guanidine groups is 1. The van der Waals surface area contributed by atoms with Gasteiger partial charge in [-0.3, -0.25) is 19.4 Å². The van der Waals surface area contributed by atoms with Crippen molar-refractivity contribution < 1.29 is 19.2 Å². The molecule has 0 saturated heterocycles. The molecule has 10 heteroatoms. The number of aliphatic imine (C=N–C) groups is 1. The zero-order valence-electron chi connectivity index (χ0n) is 15.6. The average molecular weight is 370 g/mol. The van der Waals surface area contributed by atoms with Gasteiger partial charge in [0, 0.05) is 13.0 Å². The first kappa shape index (κ1) is 23.5. The van der Waals surface area contributed by atoms with E-state index < -0.39 is 29.9 Å². The van der Waals surface area contributed by atoms with Gasteiger partial charge >= 0.3 is 0 Å². The highest BCUT2D eigenvalue weighted by Gasteiger charge is 2.26. The summed E-state index contributed by atoms with van der Waals surface area (Å²) in [6.45, 7) is 3.45. The summed E-state index contributed by atoms with van der Waals surface area (Å²) in [6, 6.07) is -2.27. The number of ketones is 1. The van der Waals surface area contributed by atoms with Crippen LogP contribution in [0.3, 0.4) is 0 Å². The van der Waals surface area contributed by atoms with Gasteiger partial charge in [0.1, 0.15) is 18.1 Å². The average Bonchev–Trinajstić information content (AvgIpc) is 2.58. The Labute approximate surface area is 153 Å². The molecule has 0 rings (SSSR count). The van der Waals surface area contributed by atoms with Crippen LogP contribution in [0.2, 0.25) is 0 Å². The first-order chi connectivity index (χ1) is 12.2. The van der Waals surface area contributed by atoms with Crippen molar-refractivity contribution >= 4 is 29.8 Å². The summed E-state index contributed by atoms with van der Waals surface area (Å²) in [4.78, 5) is 50.8. The van der Waals surface area contributed by atoms with Gasteiger partial charge in [0.25, 0.3) is 0 Å². The monoisotopic (exact) mass is 370 g/mol. The Kier molecular flexibility index (Phi) is 11.6. The van der Waals surface area contributed by atoms with E-state index in [9.17, 15) is 19.2 Å². The Morgan fingerprint density at radius 1 is 1.12 bits per heavy atom. The van der Waals surface area contributed by atoms with Crippen molar-refractivity contribution in [3.63, 3.8) is 0 Å². The fraction of sp³-hybridized carbons (Fsp3) is 0.688. The van der Waals surface area contributed by atoms with Gasteiger partial charge in [0.15, 0.2) is 5.96 Å². The van der Waals surface area contributed by atoms with Gasteiger partial charge in [-0.05, 0) is 33.2 Å². The molecule has 0 radical (unpaired) electrons. The van der Waals surface area contributed by atoms with Crippen LogP contribution in [0.4, 0.5) is 0 Å². The minimum absolute atomic E-state index is 0.0192.